The van der Waals surface area contributed by atoms with Gasteiger partial charge in [-0.1, -0.05) is 12.1 Å². The van der Waals surface area contributed by atoms with Gasteiger partial charge in [0.25, 0.3) is 0 Å². The summed E-state index contributed by atoms with van der Waals surface area (Å²) in [6, 6.07) is 6.67. The highest BCUT2D eigenvalue weighted by Gasteiger charge is 2.27. The van der Waals surface area contributed by atoms with Crippen molar-refractivity contribution in [3.63, 3.8) is 0 Å². The van der Waals surface area contributed by atoms with Crippen LogP contribution in [0.25, 0.3) is 0 Å². The quantitative estimate of drug-likeness (QED) is 0.771. The average Bonchev–Trinajstić information content (AvgIpc) is 2.62. The summed E-state index contributed by atoms with van der Waals surface area (Å²) in [5.41, 5.74) is 2.72. The van der Waals surface area contributed by atoms with E-state index in [4.69, 9.17) is 4.74 Å². The number of hydrogen-bond donors (Lipinski definition) is 1. The Morgan fingerprint density at radius 2 is 2.29 bits per heavy atom. The lowest BCUT2D eigenvalue weighted by Crippen LogP contribution is -2.37. The Hall–Kier alpha value is -1.02. The molecule has 1 heterocycles. The van der Waals surface area contributed by atoms with Gasteiger partial charge in [0.05, 0.1) is 0 Å². The molecule has 2 heteroatoms. The number of ether oxygens (including phenoxy) is 1. The summed E-state index contributed by atoms with van der Waals surface area (Å²) in [5.74, 6) is 1.07. The minimum absolute atomic E-state index is 0.288. The van der Waals surface area contributed by atoms with Crippen molar-refractivity contribution >= 4 is 0 Å². The first kappa shape index (κ1) is 9.53. The number of fused-ring (bicyclic) bond motifs is 1. The van der Waals surface area contributed by atoms with Crippen LogP contribution in [-0.4, -0.2) is 19.2 Å². The van der Waals surface area contributed by atoms with Crippen LogP contribution in [-0.2, 0) is 6.42 Å². The SMILES string of the molecule is CNC(C)C1Cc2c(C)cccc2O1. The van der Waals surface area contributed by atoms with Crippen LogP contribution in [0.3, 0.4) is 0 Å². The zero-order chi connectivity index (χ0) is 10.1. The molecular weight excluding hydrogens is 174 g/mol. The predicted molar refractivity (Wildman–Crippen MR) is 57.8 cm³/mol. The molecule has 0 spiro atoms. The molecular formula is C12H17NO. The number of rotatable bonds is 2. The maximum atomic E-state index is 5.88. The zero-order valence-electron chi connectivity index (χ0n) is 9.00. The maximum absolute atomic E-state index is 5.88. The largest absolute Gasteiger partial charge is 0.488 e. The summed E-state index contributed by atoms with van der Waals surface area (Å²) in [4.78, 5) is 0. The highest BCUT2D eigenvalue weighted by molar-refractivity contribution is 5.43. The van der Waals surface area contributed by atoms with Gasteiger partial charge >= 0.3 is 0 Å². The number of hydrogen-bond acceptors (Lipinski definition) is 2. The van der Waals surface area contributed by atoms with Crippen molar-refractivity contribution in [2.45, 2.75) is 32.4 Å². The summed E-state index contributed by atoms with van der Waals surface area (Å²) in [7, 11) is 1.98. The van der Waals surface area contributed by atoms with E-state index in [1.54, 1.807) is 0 Å². The minimum atomic E-state index is 0.288. The third-order valence-corrected chi connectivity index (χ3v) is 3.06. The summed E-state index contributed by atoms with van der Waals surface area (Å²) < 4.78 is 5.88. The Bertz CT molecular complexity index is 335. The minimum Gasteiger partial charge on any atom is -0.488 e. The van der Waals surface area contributed by atoms with Crippen molar-refractivity contribution in [2.24, 2.45) is 0 Å². The van der Waals surface area contributed by atoms with Crippen molar-refractivity contribution < 1.29 is 4.74 Å². The molecule has 0 aromatic heterocycles. The van der Waals surface area contributed by atoms with Crippen LogP contribution in [0.1, 0.15) is 18.1 Å². The first-order valence-corrected chi connectivity index (χ1v) is 5.15. The molecule has 2 atom stereocenters. The Balaban J connectivity index is 2.22. The number of aryl methyl sites for hydroxylation is 1. The lowest BCUT2D eigenvalue weighted by atomic mass is 10.0. The predicted octanol–water partition coefficient (Wildman–Crippen LogP) is 1.91. The second kappa shape index (κ2) is 3.62. The molecule has 2 nitrogen and oxygen atoms in total. The van der Waals surface area contributed by atoms with Gasteiger partial charge in [-0.2, -0.15) is 0 Å². The Morgan fingerprint density at radius 1 is 1.50 bits per heavy atom. The van der Waals surface area contributed by atoms with Gasteiger partial charge in [0.15, 0.2) is 0 Å². The third-order valence-electron chi connectivity index (χ3n) is 3.06. The van der Waals surface area contributed by atoms with Crippen molar-refractivity contribution in [1.82, 2.24) is 5.32 Å². The third kappa shape index (κ3) is 1.50. The summed E-state index contributed by atoms with van der Waals surface area (Å²) in [6.45, 7) is 4.31. The summed E-state index contributed by atoms with van der Waals surface area (Å²) in [6.07, 6.45) is 1.32. The first-order valence-electron chi connectivity index (χ1n) is 5.15. The van der Waals surface area contributed by atoms with Gasteiger partial charge in [-0.15, -0.1) is 0 Å². The van der Waals surface area contributed by atoms with Crippen LogP contribution in [0.15, 0.2) is 18.2 Å². The fourth-order valence-corrected chi connectivity index (χ4v) is 1.92. The van der Waals surface area contributed by atoms with Gasteiger partial charge in [0, 0.05) is 18.0 Å². The van der Waals surface area contributed by atoms with Gasteiger partial charge in [-0.05, 0) is 32.5 Å². The van der Waals surface area contributed by atoms with Crippen LogP contribution >= 0.6 is 0 Å². The molecule has 0 bridgehead atoms. The zero-order valence-corrected chi connectivity index (χ0v) is 9.00. The lowest BCUT2D eigenvalue weighted by molar-refractivity contribution is 0.191. The van der Waals surface area contributed by atoms with E-state index in [0.29, 0.717) is 6.04 Å². The Kier molecular flexibility index (Phi) is 2.46. The summed E-state index contributed by atoms with van der Waals surface area (Å²) >= 11 is 0. The van der Waals surface area contributed by atoms with E-state index in [1.807, 2.05) is 7.05 Å². The van der Waals surface area contributed by atoms with Gasteiger partial charge in [0.2, 0.25) is 0 Å². The van der Waals surface area contributed by atoms with E-state index in [1.165, 1.54) is 11.1 Å². The van der Waals surface area contributed by atoms with Crippen LogP contribution < -0.4 is 10.1 Å². The monoisotopic (exact) mass is 191 g/mol. The molecule has 2 rings (SSSR count). The first-order chi connectivity index (χ1) is 6.72. The van der Waals surface area contributed by atoms with E-state index in [2.05, 4.69) is 37.4 Å². The van der Waals surface area contributed by atoms with Crippen LogP contribution in [0.5, 0.6) is 5.75 Å². The van der Waals surface area contributed by atoms with Crippen molar-refractivity contribution in [3.8, 4) is 5.75 Å². The fourth-order valence-electron chi connectivity index (χ4n) is 1.92. The van der Waals surface area contributed by atoms with E-state index >= 15 is 0 Å². The van der Waals surface area contributed by atoms with Crippen molar-refractivity contribution in [3.05, 3.63) is 29.3 Å². The maximum Gasteiger partial charge on any atom is 0.123 e. The second-order valence-electron chi connectivity index (χ2n) is 3.99. The molecule has 1 N–H and O–H groups in total. The van der Waals surface area contributed by atoms with Crippen LogP contribution in [0.2, 0.25) is 0 Å². The number of benzene rings is 1. The Morgan fingerprint density at radius 3 is 2.93 bits per heavy atom. The van der Waals surface area contributed by atoms with Gasteiger partial charge in [0.1, 0.15) is 11.9 Å². The van der Waals surface area contributed by atoms with E-state index in [9.17, 15) is 0 Å². The molecule has 76 valence electrons. The molecule has 1 aliphatic rings. The molecule has 0 saturated heterocycles. The fraction of sp³-hybridized carbons (Fsp3) is 0.500. The topological polar surface area (TPSA) is 21.3 Å². The van der Waals surface area contributed by atoms with Gasteiger partial charge in [-0.25, -0.2) is 0 Å². The molecule has 14 heavy (non-hydrogen) atoms. The van der Waals surface area contributed by atoms with Gasteiger partial charge < -0.3 is 10.1 Å². The van der Waals surface area contributed by atoms with Crippen LogP contribution in [0, 0.1) is 6.92 Å². The normalized spacial score (nSPS) is 21.5. The Labute approximate surface area is 85.3 Å². The second-order valence-corrected chi connectivity index (χ2v) is 3.99. The number of nitrogens with one attached hydrogen (secondary N) is 1. The number of likely N-dealkylation sites (N-methyl/N-ethyl adjacent to an activating group) is 1. The molecule has 0 radical (unpaired) electrons. The molecule has 0 aliphatic carbocycles. The summed E-state index contributed by atoms with van der Waals surface area (Å²) in [5, 5.41) is 3.24. The standard InChI is InChI=1S/C12H17NO/c1-8-5-4-6-11-10(8)7-12(14-11)9(2)13-3/h4-6,9,12-13H,7H2,1-3H3. The molecule has 2 unspecified atom stereocenters. The van der Waals surface area contributed by atoms with Crippen molar-refractivity contribution in [2.75, 3.05) is 7.05 Å². The average molecular weight is 191 g/mol. The molecule has 1 aliphatic heterocycles. The molecule has 0 saturated carbocycles. The lowest BCUT2D eigenvalue weighted by Gasteiger charge is -2.17. The van der Waals surface area contributed by atoms with E-state index < -0.39 is 0 Å². The van der Waals surface area contributed by atoms with Crippen molar-refractivity contribution in [1.29, 1.82) is 0 Å². The highest BCUT2D eigenvalue weighted by Crippen LogP contribution is 2.31. The molecule has 0 fully saturated rings. The van der Waals surface area contributed by atoms with E-state index in [0.717, 1.165) is 12.2 Å². The molecule has 1 aromatic carbocycles. The molecule has 1 aromatic rings. The van der Waals surface area contributed by atoms with Crippen LogP contribution in [0.4, 0.5) is 0 Å². The van der Waals surface area contributed by atoms with E-state index in [-0.39, 0.29) is 6.10 Å². The van der Waals surface area contributed by atoms with Gasteiger partial charge in [-0.3, -0.25) is 0 Å². The molecule has 0 amide bonds. The smallest absolute Gasteiger partial charge is 0.123 e. The highest BCUT2D eigenvalue weighted by atomic mass is 16.5.